The molecular weight excluding hydrogens is 516 g/mol. The maximum absolute atomic E-state index is 13.4. The third-order valence-electron chi connectivity index (χ3n) is 6.74. The summed E-state index contributed by atoms with van der Waals surface area (Å²) in [5.41, 5.74) is 0.890. The number of rotatable bonds is 6. The lowest BCUT2D eigenvalue weighted by Gasteiger charge is -2.44. The number of hydrogen-bond donors (Lipinski definition) is 1. The van der Waals surface area contributed by atoms with Crippen LogP contribution in [0.1, 0.15) is 24.8 Å². The van der Waals surface area contributed by atoms with Crippen LogP contribution >= 0.6 is 11.3 Å². The van der Waals surface area contributed by atoms with Crippen molar-refractivity contribution in [2.75, 3.05) is 51.1 Å². The van der Waals surface area contributed by atoms with Crippen LogP contribution in [0.15, 0.2) is 23.4 Å². The van der Waals surface area contributed by atoms with Gasteiger partial charge >= 0.3 is 0 Å². The third kappa shape index (κ3) is 4.26. The van der Waals surface area contributed by atoms with Crippen molar-refractivity contribution in [1.82, 2.24) is 29.2 Å². The van der Waals surface area contributed by atoms with Gasteiger partial charge in [0, 0.05) is 38.5 Å². The summed E-state index contributed by atoms with van der Waals surface area (Å²) in [5.74, 6) is 0. The number of piperazine rings is 1. The molecule has 3 fully saturated rings. The number of imidazole rings is 1. The molecule has 11 nitrogen and oxygen atoms in total. The summed E-state index contributed by atoms with van der Waals surface area (Å²) < 4.78 is 68.3. The minimum atomic E-state index is -3.93. The lowest BCUT2D eigenvalue weighted by atomic mass is 10.0. The fraction of sp³-hybridized carbons (Fsp3) is 0.571. The van der Waals surface area contributed by atoms with Crippen molar-refractivity contribution >= 4 is 32.7 Å². The van der Waals surface area contributed by atoms with E-state index in [1.807, 2.05) is 0 Å². The van der Waals surface area contributed by atoms with Crippen molar-refractivity contribution in [3.05, 3.63) is 23.5 Å². The van der Waals surface area contributed by atoms with Gasteiger partial charge in [0.15, 0.2) is 15.7 Å². The Hall–Kier alpha value is -2.30. The van der Waals surface area contributed by atoms with Crippen molar-refractivity contribution in [2.45, 2.75) is 36.2 Å². The summed E-state index contributed by atoms with van der Waals surface area (Å²) in [4.78, 5) is 9.01. The molecule has 3 saturated heterocycles. The minimum Gasteiger partial charge on any atom is -0.377 e. The van der Waals surface area contributed by atoms with Gasteiger partial charge in [-0.05, 0) is 19.4 Å². The van der Waals surface area contributed by atoms with E-state index in [0.29, 0.717) is 43.5 Å². The van der Waals surface area contributed by atoms with Crippen LogP contribution in [-0.2, 0) is 19.5 Å². The maximum Gasteiger partial charge on any atom is 0.291 e. The molecule has 36 heavy (non-hydrogen) atoms. The SMILES string of the molecule is CC1(NS(=O)(=O)c2cc(N3CCN4COCC[C@@H]4C3)c3ncc(-c4nnc(C(F)F)s4)n3c2)COC1. The molecule has 1 atom stereocenters. The van der Waals surface area contributed by atoms with E-state index in [-0.39, 0.29) is 29.2 Å². The second kappa shape index (κ2) is 8.92. The van der Waals surface area contributed by atoms with Gasteiger partial charge in [0.25, 0.3) is 6.43 Å². The van der Waals surface area contributed by atoms with Crippen LogP contribution in [0.4, 0.5) is 14.5 Å². The van der Waals surface area contributed by atoms with Gasteiger partial charge in [-0.2, -0.15) is 0 Å². The van der Waals surface area contributed by atoms with Gasteiger partial charge in [-0.25, -0.2) is 26.9 Å². The van der Waals surface area contributed by atoms with Gasteiger partial charge in [-0.1, -0.05) is 11.3 Å². The molecule has 0 unspecified atom stereocenters. The number of anilines is 1. The number of hydrogen-bond acceptors (Lipinski definition) is 10. The quantitative estimate of drug-likeness (QED) is 0.498. The molecule has 0 spiro atoms. The fourth-order valence-corrected chi connectivity index (χ4v) is 6.92. The molecule has 0 bridgehead atoms. The molecule has 0 aliphatic carbocycles. The predicted octanol–water partition coefficient (Wildman–Crippen LogP) is 1.73. The Balaban J connectivity index is 1.45. The van der Waals surface area contributed by atoms with Crippen LogP contribution in [0.25, 0.3) is 16.3 Å². The molecular formula is C21H25F2N7O4S2. The van der Waals surface area contributed by atoms with Crippen LogP contribution in [0.3, 0.4) is 0 Å². The van der Waals surface area contributed by atoms with Crippen LogP contribution < -0.4 is 9.62 Å². The van der Waals surface area contributed by atoms with Crippen molar-refractivity contribution in [3.63, 3.8) is 0 Å². The molecule has 3 aliphatic heterocycles. The zero-order chi connectivity index (χ0) is 25.1. The first-order chi connectivity index (χ1) is 17.2. The van der Waals surface area contributed by atoms with E-state index >= 15 is 0 Å². The average molecular weight is 542 g/mol. The van der Waals surface area contributed by atoms with E-state index < -0.39 is 27.0 Å². The summed E-state index contributed by atoms with van der Waals surface area (Å²) in [6, 6.07) is 1.92. The summed E-state index contributed by atoms with van der Waals surface area (Å²) in [7, 11) is -3.93. The summed E-state index contributed by atoms with van der Waals surface area (Å²) in [6.07, 6.45) is 1.11. The first kappa shape index (κ1) is 24.1. The average Bonchev–Trinajstić information content (AvgIpc) is 3.49. The van der Waals surface area contributed by atoms with E-state index in [0.717, 1.165) is 24.3 Å². The van der Waals surface area contributed by atoms with Gasteiger partial charge in [-0.15, -0.1) is 10.2 Å². The maximum atomic E-state index is 13.4. The summed E-state index contributed by atoms with van der Waals surface area (Å²) in [5, 5.41) is 7.32. The number of pyridine rings is 1. The van der Waals surface area contributed by atoms with Gasteiger partial charge in [0.2, 0.25) is 10.0 Å². The molecule has 1 N–H and O–H groups in total. The van der Waals surface area contributed by atoms with Crippen LogP contribution in [0.5, 0.6) is 0 Å². The number of alkyl halides is 2. The van der Waals surface area contributed by atoms with Gasteiger partial charge < -0.3 is 14.4 Å². The predicted molar refractivity (Wildman–Crippen MR) is 127 cm³/mol. The molecule has 0 amide bonds. The highest BCUT2D eigenvalue weighted by molar-refractivity contribution is 7.89. The molecule has 3 aromatic heterocycles. The summed E-state index contributed by atoms with van der Waals surface area (Å²) >= 11 is 0.757. The normalized spacial score (nSPS) is 22.7. The number of nitrogens with one attached hydrogen (secondary N) is 1. The zero-order valence-electron chi connectivity index (χ0n) is 19.4. The lowest BCUT2D eigenvalue weighted by Crippen LogP contribution is -2.59. The first-order valence-corrected chi connectivity index (χ1v) is 13.8. The third-order valence-corrected chi connectivity index (χ3v) is 9.30. The molecule has 3 aliphatic rings. The van der Waals surface area contributed by atoms with Gasteiger partial charge in [0.1, 0.15) is 10.6 Å². The van der Waals surface area contributed by atoms with Crippen LogP contribution in [-0.4, -0.2) is 90.7 Å². The van der Waals surface area contributed by atoms with E-state index in [2.05, 4.69) is 29.7 Å². The Morgan fingerprint density at radius 2 is 2.08 bits per heavy atom. The van der Waals surface area contributed by atoms with Crippen molar-refractivity contribution in [3.8, 4) is 10.7 Å². The Bertz CT molecular complexity index is 1390. The van der Waals surface area contributed by atoms with Crippen molar-refractivity contribution < 1.29 is 26.7 Å². The second-order valence-corrected chi connectivity index (χ2v) is 12.2. The Morgan fingerprint density at radius 1 is 1.25 bits per heavy atom. The highest BCUT2D eigenvalue weighted by Gasteiger charge is 2.39. The summed E-state index contributed by atoms with van der Waals surface area (Å²) in [6.45, 7) is 5.74. The van der Waals surface area contributed by atoms with Crippen molar-refractivity contribution in [2.24, 2.45) is 0 Å². The molecule has 0 aromatic carbocycles. The largest absolute Gasteiger partial charge is 0.377 e. The number of halogens is 2. The molecule has 15 heteroatoms. The second-order valence-electron chi connectivity index (χ2n) is 9.54. The smallest absolute Gasteiger partial charge is 0.291 e. The number of sulfonamides is 1. The van der Waals surface area contributed by atoms with Gasteiger partial charge in [-0.3, -0.25) is 9.30 Å². The van der Waals surface area contributed by atoms with Crippen LogP contribution in [0, 0.1) is 0 Å². The van der Waals surface area contributed by atoms with E-state index in [1.54, 1.807) is 17.4 Å². The molecule has 6 heterocycles. The first-order valence-electron chi connectivity index (χ1n) is 11.5. The number of fused-ring (bicyclic) bond motifs is 2. The van der Waals surface area contributed by atoms with E-state index in [9.17, 15) is 17.2 Å². The standard InChI is InChI=1S/C21H25F2N7O4S2/c1-21(10-34-11-21)27-36(31,32)14-6-15(28-3-4-29-12-33-5-2-13(29)8-28)18-24-7-16(30(18)9-14)19-25-26-20(35-19)17(22)23/h6-7,9,13,17,27H,2-5,8,10-12H2,1H3/t13-/m1/s1. The van der Waals surface area contributed by atoms with E-state index in [4.69, 9.17) is 9.47 Å². The Kier molecular flexibility index (Phi) is 5.96. The zero-order valence-corrected chi connectivity index (χ0v) is 21.1. The van der Waals surface area contributed by atoms with Crippen LogP contribution in [0.2, 0.25) is 0 Å². The Labute approximate surface area is 210 Å². The highest BCUT2D eigenvalue weighted by Crippen LogP contribution is 2.34. The Morgan fingerprint density at radius 3 is 2.81 bits per heavy atom. The molecule has 3 aromatic rings. The number of aromatic nitrogens is 4. The van der Waals surface area contributed by atoms with Crippen molar-refractivity contribution in [1.29, 1.82) is 0 Å². The van der Waals surface area contributed by atoms with Gasteiger partial charge in [0.05, 0.1) is 37.4 Å². The molecule has 6 rings (SSSR count). The molecule has 194 valence electrons. The monoisotopic (exact) mass is 541 g/mol. The minimum absolute atomic E-state index is 0.0466. The lowest BCUT2D eigenvalue weighted by molar-refractivity contribution is -0.0523. The van der Waals surface area contributed by atoms with E-state index in [1.165, 1.54) is 12.4 Å². The number of ether oxygens (including phenoxy) is 2. The number of nitrogens with zero attached hydrogens (tertiary/aromatic N) is 6. The topological polar surface area (TPSA) is 114 Å². The molecule has 0 radical (unpaired) electrons. The fourth-order valence-electron chi connectivity index (χ4n) is 4.82. The molecule has 0 saturated carbocycles. The highest BCUT2D eigenvalue weighted by atomic mass is 32.2.